The summed E-state index contributed by atoms with van der Waals surface area (Å²) in [5, 5.41) is 3.55. The van der Waals surface area contributed by atoms with Gasteiger partial charge in [-0.3, -0.25) is 0 Å². The fourth-order valence-corrected chi connectivity index (χ4v) is 2.72. The summed E-state index contributed by atoms with van der Waals surface area (Å²) in [6, 6.07) is 5.56. The fourth-order valence-electron chi connectivity index (χ4n) is 2.72. The molecule has 0 saturated carbocycles. The van der Waals surface area contributed by atoms with Gasteiger partial charge in [0, 0.05) is 31.4 Å². The quantitative estimate of drug-likeness (QED) is 0.913. The maximum Gasteiger partial charge on any atom is 0.128 e. The zero-order valence-corrected chi connectivity index (χ0v) is 13.6. The molecule has 3 heteroatoms. The number of nitrogens with one attached hydrogen (secondary N) is 1. The molecule has 0 spiro atoms. The molecule has 0 aliphatic carbocycles. The Morgan fingerprint density at radius 2 is 2.10 bits per heavy atom. The van der Waals surface area contributed by atoms with Gasteiger partial charge < -0.3 is 10.2 Å². The normalized spacial score (nSPS) is 19.9. The van der Waals surface area contributed by atoms with Crippen molar-refractivity contribution in [2.75, 3.05) is 18.0 Å². The van der Waals surface area contributed by atoms with Crippen molar-refractivity contribution in [1.29, 1.82) is 0 Å². The van der Waals surface area contributed by atoms with Crippen molar-refractivity contribution in [2.24, 2.45) is 0 Å². The van der Waals surface area contributed by atoms with E-state index in [9.17, 15) is 0 Å². The van der Waals surface area contributed by atoms with Crippen molar-refractivity contribution in [3.05, 3.63) is 23.9 Å². The second-order valence-electron chi connectivity index (χ2n) is 7.21. The molecule has 2 rings (SSSR count). The van der Waals surface area contributed by atoms with E-state index in [4.69, 9.17) is 4.98 Å². The van der Waals surface area contributed by atoms with E-state index in [1.165, 1.54) is 18.4 Å². The van der Waals surface area contributed by atoms with Crippen molar-refractivity contribution in [3.63, 3.8) is 0 Å². The van der Waals surface area contributed by atoms with E-state index in [-0.39, 0.29) is 5.41 Å². The summed E-state index contributed by atoms with van der Waals surface area (Å²) in [6.07, 6.45) is 4.58. The summed E-state index contributed by atoms with van der Waals surface area (Å²) in [6.45, 7) is 13.3. The second kappa shape index (κ2) is 6.13. The third-order valence-electron chi connectivity index (χ3n) is 4.05. The fraction of sp³-hybridized carbons (Fsp3) is 0.706. The molecule has 0 radical (unpaired) electrons. The van der Waals surface area contributed by atoms with Crippen LogP contribution in [0.2, 0.25) is 0 Å². The smallest absolute Gasteiger partial charge is 0.128 e. The van der Waals surface area contributed by atoms with Gasteiger partial charge in [-0.05, 0) is 29.9 Å². The highest BCUT2D eigenvalue weighted by molar-refractivity contribution is 5.43. The van der Waals surface area contributed by atoms with Gasteiger partial charge in [0.2, 0.25) is 0 Å². The summed E-state index contributed by atoms with van der Waals surface area (Å²) in [7, 11) is 0. The van der Waals surface area contributed by atoms with Gasteiger partial charge in [0.15, 0.2) is 0 Å². The van der Waals surface area contributed by atoms with E-state index < -0.39 is 0 Å². The molecule has 1 aromatic rings. The standard InChI is InChI=1S/C17H29N3/c1-13(2)18-12-15-7-6-10-20(15)16-9-8-14(11-19-16)17(3,4)5/h8-9,11,13,15,18H,6-7,10,12H2,1-5H3. The molecule has 1 unspecified atom stereocenters. The first-order valence-corrected chi connectivity index (χ1v) is 7.84. The largest absolute Gasteiger partial charge is 0.352 e. The third kappa shape index (κ3) is 3.72. The Hall–Kier alpha value is -1.09. The van der Waals surface area contributed by atoms with E-state index in [1.807, 2.05) is 6.20 Å². The highest BCUT2D eigenvalue weighted by atomic mass is 15.2. The number of nitrogens with zero attached hydrogens (tertiary/aromatic N) is 2. The van der Waals surface area contributed by atoms with E-state index in [0.717, 1.165) is 18.9 Å². The molecule has 1 aliphatic heterocycles. The minimum atomic E-state index is 0.176. The average molecular weight is 275 g/mol. The lowest BCUT2D eigenvalue weighted by molar-refractivity contribution is 0.522. The number of hydrogen-bond acceptors (Lipinski definition) is 3. The van der Waals surface area contributed by atoms with Crippen molar-refractivity contribution >= 4 is 5.82 Å². The maximum atomic E-state index is 4.70. The van der Waals surface area contributed by atoms with Crippen LogP contribution in [0.1, 0.15) is 53.0 Å². The molecule has 1 atom stereocenters. The minimum Gasteiger partial charge on any atom is -0.352 e. The van der Waals surface area contributed by atoms with Gasteiger partial charge in [-0.2, -0.15) is 0 Å². The molecule has 1 N–H and O–H groups in total. The minimum absolute atomic E-state index is 0.176. The first-order valence-electron chi connectivity index (χ1n) is 7.84. The Labute approximate surface area is 123 Å². The van der Waals surface area contributed by atoms with Crippen molar-refractivity contribution in [1.82, 2.24) is 10.3 Å². The van der Waals surface area contributed by atoms with Crippen LogP contribution < -0.4 is 10.2 Å². The second-order valence-corrected chi connectivity index (χ2v) is 7.21. The maximum absolute atomic E-state index is 4.70. The van der Waals surface area contributed by atoms with E-state index in [0.29, 0.717) is 12.1 Å². The number of anilines is 1. The van der Waals surface area contributed by atoms with Crippen molar-refractivity contribution in [3.8, 4) is 0 Å². The monoisotopic (exact) mass is 275 g/mol. The van der Waals surface area contributed by atoms with E-state index in [1.54, 1.807) is 0 Å². The summed E-state index contributed by atoms with van der Waals surface area (Å²) in [4.78, 5) is 7.16. The highest BCUT2D eigenvalue weighted by Crippen LogP contribution is 2.26. The van der Waals surface area contributed by atoms with E-state index >= 15 is 0 Å². The number of rotatable bonds is 4. The molecule has 112 valence electrons. The first-order chi connectivity index (χ1) is 9.38. The number of aromatic nitrogens is 1. The molecule has 1 aromatic heterocycles. The molecule has 1 fully saturated rings. The molecule has 1 saturated heterocycles. The Morgan fingerprint density at radius 3 is 2.65 bits per heavy atom. The molecule has 0 bridgehead atoms. The molecular formula is C17H29N3. The van der Waals surface area contributed by atoms with Crippen LogP contribution in [0.15, 0.2) is 18.3 Å². The molecule has 2 heterocycles. The number of pyridine rings is 1. The third-order valence-corrected chi connectivity index (χ3v) is 4.05. The molecule has 0 aromatic carbocycles. The molecule has 0 amide bonds. The van der Waals surface area contributed by atoms with E-state index in [2.05, 4.69) is 57.0 Å². The van der Waals surface area contributed by atoms with Crippen LogP contribution in [0.25, 0.3) is 0 Å². The van der Waals surface area contributed by atoms with Gasteiger partial charge in [0.1, 0.15) is 5.82 Å². The topological polar surface area (TPSA) is 28.2 Å². The summed E-state index contributed by atoms with van der Waals surface area (Å²) >= 11 is 0. The Bertz CT molecular complexity index is 417. The Kier molecular flexibility index (Phi) is 4.69. The Balaban J connectivity index is 2.06. The Morgan fingerprint density at radius 1 is 1.35 bits per heavy atom. The predicted molar refractivity (Wildman–Crippen MR) is 86.4 cm³/mol. The SMILES string of the molecule is CC(C)NCC1CCCN1c1ccc(C(C)(C)C)cn1. The first kappa shape index (κ1) is 15.3. The van der Waals surface area contributed by atoms with Gasteiger partial charge in [-0.1, -0.05) is 40.7 Å². The van der Waals surface area contributed by atoms with Crippen LogP contribution in [0.3, 0.4) is 0 Å². The van der Waals surface area contributed by atoms with Crippen LogP contribution in [0.5, 0.6) is 0 Å². The van der Waals surface area contributed by atoms with Crippen LogP contribution >= 0.6 is 0 Å². The summed E-state index contributed by atoms with van der Waals surface area (Å²) < 4.78 is 0. The van der Waals surface area contributed by atoms with Gasteiger partial charge in [0.25, 0.3) is 0 Å². The van der Waals surface area contributed by atoms with Crippen LogP contribution in [0, 0.1) is 0 Å². The predicted octanol–water partition coefficient (Wildman–Crippen LogP) is 3.35. The summed E-state index contributed by atoms with van der Waals surface area (Å²) in [5.74, 6) is 1.13. The average Bonchev–Trinajstić information content (AvgIpc) is 2.83. The van der Waals surface area contributed by atoms with Gasteiger partial charge >= 0.3 is 0 Å². The van der Waals surface area contributed by atoms with Crippen LogP contribution in [-0.2, 0) is 5.41 Å². The lowest BCUT2D eigenvalue weighted by Gasteiger charge is -2.27. The zero-order chi connectivity index (χ0) is 14.8. The zero-order valence-electron chi connectivity index (χ0n) is 13.6. The number of hydrogen-bond donors (Lipinski definition) is 1. The van der Waals surface area contributed by atoms with Gasteiger partial charge in [-0.15, -0.1) is 0 Å². The molecular weight excluding hydrogens is 246 g/mol. The van der Waals surface area contributed by atoms with Crippen LogP contribution in [-0.4, -0.2) is 30.2 Å². The lowest BCUT2D eigenvalue weighted by atomic mass is 9.88. The molecule has 1 aliphatic rings. The lowest BCUT2D eigenvalue weighted by Crippen LogP contribution is -2.40. The van der Waals surface area contributed by atoms with Gasteiger partial charge in [0.05, 0.1) is 0 Å². The van der Waals surface area contributed by atoms with Crippen molar-refractivity contribution < 1.29 is 0 Å². The van der Waals surface area contributed by atoms with Crippen LogP contribution in [0.4, 0.5) is 5.82 Å². The molecule has 3 nitrogen and oxygen atoms in total. The highest BCUT2D eigenvalue weighted by Gasteiger charge is 2.25. The van der Waals surface area contributed by atoms with Crippen molar-refractivity contribution in [2.45, 2.75) is 65.0 Å². The molecule has 20 heavy (non-hydrogen) atoms. The van der Waals surface area contributed by atoms with Gasteiger partial charge in [-0.25, -0.2) is 4.98 Å². The summed E-state index contributed by atoms with van der Waals surface area (Å²) in [5.41, 5.74) is 1.48.